The molecule has 2 N–H and O–H groups in total. The molecule has 23 heavy (non-hydrogen) atoms. The average Bonchev–Trinajstić information content (AvgIpc) is 2.54. The van der Waals surface area contributed by atoms with E-state index < -0.39 is 0 Å². The molecule has 0 unspecified atom stereocenters. The zero-order valence-corrected chi connectivity index (χ0v) is 14.0. The van der Waals surface area contributed by atoms with E-state index in [1.807, 2.05) is 50.2 Å². The van der Waals surface area contributed by atoms with Crippen LogP contribution in [-0.2, 0) is 6.54 Å². The maximum atomic E-state index is 12.4. The summed E-state index contributed by atoms with van der Waals surface area (Å²) in [4.78, 5) is 12.4. The molecule has 1 amide bonds. The van der Waals surface area contributed by atoms with Crippen LogP contribution in [0.3, 0.4) is 0 Å². The minimum absolute atomic E-state index is 0.00731. The largest absolute Gasteiger partial charge is 0.490 e. The summed E-state index contributed by atoms with van der Waals surface area (Å²) in [5.74, 6) is 0.262. The van der Waals surface area contributed by atoms with E-state index in [-0.39, 0.29) is 12.0 Å². The third-order valence-corrected chi connectivity index (χ3v) is 3.26. The van der Waals surface area contributed by atoms with E-state index in [9.17, 15) is 4.79 Å². The standard InChI is InChI=1S/C18H20N2O2S/c1-13(2)22-16-11-7-6-10-15(16)17(21)20-18(23)19-12-14-8-4-3-5-9-14/h3-11,13H,12H2,1-2H3,(H2,19,20,21,23). The Balaban J connectivity index is 1.95. The van der Waals surface area contributed by atoms with Crippen LogP contribution in [0.1, 0.15) is 29.8 Å². The number of ether oxygens (including phenoxy) is 1. The number of carbonyl (C=O) groups is 1. The van der Waals surface area contributed by atoms with Crippen LogP contribution in [0.25, 0.3) is 0 Å². The summed E-state index contributed by atoms with van der Waals surface area (Å²) in [5, 5.41) is 5.99. The van der Waals surface area contributed by atoms with Gasteiger partial charge in [-0.1, -0.05) is 42.5 Å². The fraction of sp³-hybridized carbons (Fsp3) is 0.222. The Morgan fingerprint density at radius 2 is 1.74 bits per heavy atom. The summed E-state index contributed by atoms with van der Waals surface area (Å²) < 4.78 is 5.65. The first kappa shape index (κ1) is 17.0. The Morgan fingerprint density at radius 3 is 2.43 bits per heavy atom. The first-order valence-corrected chi connectivity index (χ1v) is 7.86. The predicted molar refractivity (Wildman–Crippen MR) is 95.6 cm³/mol. The molecule has 5 heteroatoms. The number of benzene rings is 2. The van der Waals surface area contributed by atoms with Crippen LogP contribution in [0.2, 0.25) is 0 Å². The SMILES string of the molecule is CC(C)Oc1ccccc1C(=O)NC(=S)NCc1ccccc1. The Hall–Kier alpha value is -2.40. The Morgan fingerprint density at radius 1 is 1.09 bits per heavy atom. The highest BCUT2D eigenvalue weighted by Crippen LogP contribution is 2.19. The van der Waals surface area contributed by atoms with Gasteiger partial charge in [0.1, 0.15) is 5.75 Å². The van der Waals surface area contributed by atoms with E-state index in [2.05, 4.69) is 10.6 Å². The topological polar surface area (TPSA) is 50.4 Å². The second kappa shape index (κ2) is 8.29. The second-order valence-corrected chi connectivity index (χ2v) is 5.69. The molecule has 0 spiro atoms. The van der Waals surface area contributed by atoms with Gasteiger partial charge in [-0.2, -0.15) is 0 Å². The molecular weight excluding hydrogens is 308 g/mol. The first-order chi connectivity index (χ1) is 11.1. The Labute approximate surface area is 141 Å². The molecule has 0 aromatic heterocycles. The van der Waals surface area contributed by atoms with Crippen LogP contribution >= 0.6 is 12.2 Å². The van der Waals surface area contributed by atoms with Crippen molar-refractivity contribution in [1.82, 2.24) is 10.6 Å². The minimum Gasteiger partial charge on any atom is -0.490 e. The molecule has 120 valence electrons. The number of amides is 1. The van der Waals surface area contributed by atoms with E-state index in [1.165, 1.54) is 0 Å². The molecule has 0 saturated heterocycles. The first-order valence-electron chi connectivity index (χ1n) is 7.45. The van der Waals surface area contributed by atoms with Crippen molar-refractivity contribution in [1.29, 1.82) is 0 Å². The van der Waals surface area contributed by atoms with E-state index in [1.54, 1.807) is 18.2 Å². The Bertz CT molecular complexity index is 672. The number of rotatable bonds is 5. The van der Waals surface area contributed by atoms with Crippen LogP contribution < -0.4 is 15.4 Å². The van der Waals surface area contributed by atoms with Gasteiger partial charge < -0.3 is 10.1 Å². The molecule has 2 rings (SSSR count). The van der Waals surface area contributed by atoms with Gasteiger partial charge in [0.2, 0.25) is 0 Å². The van der Waals surface area contributed by atoms with E-state index in [0.29, 0.717) is 23.0 Å². The van der Waals surface area contributed by atoms with Crippen LogP contribution in [0.4, 0.5) is 0 Å². The van der Waals surface area contributed by atoms with Gasteiger partial charge in [-0.05, 0) is 43.8 Å². The monoisotopic (exact) mass is 328 g/mol. The number of nitrogens with one attached hydrogen (secondary N) is 2. The maximum absolute atomic E-state index is 12.4. The molecule has 0 saturated carbocycles. The van der Waals surface area contributed by atoms with Crippen molar-refractivity contribution in [3.05, 3.63) is 65.7 Å². The number of hydrogen-bond donors (Lipinski definition) is 2. The highest BCUT2D eigenvalue weighted by atomic mass is 32.1. The zero-order valence-electron chi connectivity index (χ0n) is 13.2. The normalized spacial score (nSPS) is 10.2. The lowest BCUT2D eigenvalue weighted by molar-refractivity contribution is 0.0971. The van der Waals surface area contributed by atoms with Gasteiger partial charge >= 0.3 is 0 Å². The predicted octanol–water partition coefficient (Wildman–Crippen LogP) is 3.28. The summed E-state index contributed by atoms with van der Waals surface area (Å²) in [6.45, 7) is 4.39. The maximum Gasteiger partial charge on any atom is 0.261 e. The molecular formula is C18H20N2O2S. The van der Waals surface area contributed by atoms with Crippen molar-refractivity contribution in [2.45, 2.75) is 26.5 Å². The third kappa shape index (κ3) is 5.38. The number of para-hydroxylation sites is 1. The van der Waals surface area contributed by atoms with E-state index in [4.69, 9.17) is 17.0 Å². The van der Waals surface area contributed by atoms with Gasteiger partial charge in [-0.15, -0.1) is 0 Å². The van der Waals surface area contributed by atoms with Crippen molar-refractivity contribution < 1.29 is 9.53 Å². The lowest BCUT2D eigenvalue weighted by atomic mass is 10.2. The van der Waals surface area contributed by atoms with Crippen LogP contribution in [0.5, 0.6) is 5.75 Å². The molecule has 2 aromatic carbocycles. The number of thiocarbonyl (C=S) groups is 1. The number of carbonyl (C=O) groups excluding carboxylic acids is 1. The molecule has 0 aliphatic heterocycles. The van der Waals surface area contributed by atoms with Crippen LogP contribution in [0, 0.1) is 0 Å². The number of hydrogen-bond acceptors (Lipinski definition) is 3. The molecule has 0 radical (unpaired) electrons. The third-order valence-electron chi connectivity index (χ3n) is 3.02. The zero-order chi connectivity index (χ0) is 16.7. The fourth-order valence-electron chi connectivity index (χ4n) is 2.00. The lowest BCUT2D eigenvalue weighted by Gasteiger charge is -2.14. The summed E-state index contributed by atoms with van der Waals surface area (Å²) in [6.07, 6.45) is -0.00731. The minimum atomic E-state index is -0.285. The molecule has 0 fully saturated rings. The van der Waals surface area contributed by atoms with Crippen LogP contribution in [0.15, 0.2) is 54.6 Å². The Kier molecular flexibility index (Phi) is 6.11. The van der Waals surface area contributed by atoms with Gasteiger partial charge in [0.05, 0.1) is 11.7 Å². The molecule has 0 aliphatic carbocycles. The van der Waals surface area contributed by atoms with E-state index >= 15 is 0 Å². The fourth-order valence-corrected chi connectivity index (χ4v) is 2.17. The van der Waals surface area contributed by atoms with Gasteiger partial charge in [-0.25, -0.2) is 0 Å². The molecule has 0 heterocycles. The molecule has 2 aromatic rings. The average molecular weight is 328 g/mol. The van der Waals surface area contributed by atoms with E-state index in [0.717, 1.165) is 5.56 Å². The molecule has 0 aliphatic rings. The van der Waals surface area contributed by atoms with Crippen molar-refractivity contribution in [2.24, 2.45) is 0 Å². The summed E-state index contributed by atoms with van der Waals surface area (Å²) in [5.41, 5.74) is 1.55. The smallest absolute Gasteiger partial charge is 0.261 e. The van der Waals surface area contributed by atoms with Crippen LogP contribution in [-0.4, -0.2) is 17.1 Å². The highest BCUT2D eigenvalue weighted by Gasteiger charge is 2.14. The van der Waals surface area contributed by atoms with Gasteiger partial charge in [-0.3, -0.25) is 10.1 Å². The van der Waals surface area contributed by atoms with Crippen molar-refractivity contribution in [3.63, 3.8) is 0 Å². The summed E-state index contributed by atoms with van der Waals surface area (Å²) in [6, 6.07) is 17.0. The summed E-state index contributed by atoms with van der Waals surface area (Å²) in [7, 11) is 0. The molecule has 4 nitrogen and oxygen atoms in total. The van der Waals surface area contributed by atoms with Gasteiger partial charge in [0, 0.05) is 6.54 Å². The van der Waals surface area contributed by atoms with Crippen molar-refractivity contribution >= 4 is 23.2 Å². The highest BCUT2D eigenvalue weighted by molar-refractivity contribution is 7.80. The lowest BCUT2D eigenvalue weighted by Crippen LogP contribution is -2.39. The van der Waals surface area contributed by atoms with Crippen molar-refractivity contribution in [2.75, 3.05) is 0 Å². The molecule has 0 atom stereocenters. The van der Waals surface area contributed by atoms with Gasteiger partial charge in [0.25, 0.3) is 5.91 Å². The van der Waals surface area contributed by atoms with Gasteiger partial charge in [0.15, 0.2) is 5.11 Å². The van der Waals surface area contributed by atoms with Crippen molar-refractivity contribution in [3.8, 4) is 5.75 Å². The molecule has 0 bridgehead atoms. The second-order valence-electron chi connectivity index (χ2n) is 5.29. The summed E-state index contributed by atoms with van der Waals surface area (Å²) >= 11 is 5.18. The quantitative estimate of drug-likeness (QED) is 0.827.